The van der Waals surface area contributed by atoms with Crippen LogP contribution < -0.4 is 0 Å². The average molecular weight is 281 g/mol. The minimum Gasteiger partial charge on any atom is -0.389 e. The molecule has 2 aromatic carbocycles. The van der Waals surface area contributed by atoms with Crippen LogP contribution in [-0.4, -0.2) is 21.6 Å². The van der Waals surface area contributed by atoms with E-state index >= 15 is 0 Å². The minimum absolute atomic E-state index is 0.362. The molecule has 2 rings (SSSR count). The lowest BCUT2D eigenvalue weighted by molar-refractivity contribution is 0.0343. The van der Waals surface area contributed by atoms with Crippen molar-refractivity contribution in [3.63, 3.8) is 0 Å². The van der Waals surface area contributed by atoms with Crippen molar-refractivity contribution >= 4 is 26.7 Å². The smallest absolute Gasteiger partial charge is 0.106 e. The number of aliphatic hydroxyl groups is 2. The van der Waals surface area contributed by atoms with Crippen LogP contribution in [0.4, 0.5) is 0 Å². The SMILES string of the molecule is OC(CBr)C(O)c1ccc2ccccc2c1. The van der Waals surface area contributed by atoms with E-state index in [0.717, 1.165) is 16.3 Å². The molecule has 0 heterocycles. The topological polar surface area (TPSA) is 40.5 Å². The summed E-state index contributed by atoms with van der Waals surface area (Å²) in [6, 6.07) is 13.7. The quantitative estimate of drug-likeness (QED) is 0.849. The molecule has 0 aromatic heterocycles. The molecule has 3 heteroatoms. The van der Waals surface area contributed by atoms with Gasteiger partial charge >= 0.3 is 0 Å². The van der Waals surface area contributed by atoms with E-state index in [-0.39, 0.29) is 0 Å². The Morgan fingerprint density at radius 1 is 1.00 bits per heavy atom. The normalized spacial score (nSPS) is 14.9. The lowest BCUT2D eigenvalue weighted by Gasteiger charge is -2.16. The van der Waals surface area contributed by atoms with Crippen LogP contribution in [0.25, 0.3) is 10.8 Å². The highest BCUT2D eigenvalue weighted by molar-refractivity contribution is 9.09. The summed E-state index contributed by atoms with van der Waals surface area (Å²) in [6.07, 6.45) is -1.62. The molecule has 0 aliphatic heterocycles. The Bertz CT molecular complexity index is 484. The van der Waals surface area contributed by atoms with E-state index in [9.17, 15) is 10.2 Å². The molecule has 2 nitrogen and oxygen atoms in total. The molecule has 0 aliphatic carbocycles. The van der Waals surface area contributed by atoms with Crippen molar-refractivity contribution < 1.29 is 10.2 Å². The molecule has 2 atom stereocenters. The second-order valence-electron chi connectivity index (χ2n) is 3.77. The van der Waals surface area contributed by atoms with Crippen LogP contribution in [0.3, 0.4) is 0 Å². The van der Waals surface area contributed by atoms with Gasteiger partial charge in [-0.25, -0.2) is 0 Å². The highest BCUT2D eigenvalue weighted by Crippen LogP contribution is 2.23. The van der Waals surface area contributed by atoms with Crippen molar-refractivity contribution in [1.29, 1.82) is 0 Å². The van der Waals surface area contributed by atoms with Crippen LogP contribution in [0, 0.1) is 0 Å². The van der Waals surface area contributed by atoms with Crippen LogP contribution in [0.2, 0.25) is 0 Å². The maximum atomic E-state index is 9.87. The third-order valence-corrected chi connectivity index (χ3v) is 3.30. The zero-order valence-corrected chi connectivity index (χ0v) is 10.3. The molecule has 84 valence electrons. The number of alkyl halides is 1. The number of fused-ring (bicyclic) bond motifs is 1. The van der Waals surface area contributed by atoms with Crippen molar-refractivity contribution in [3.05, 3.63) is 48.0 Å². The number of aliphatic hydroxyl groups excluding tert-OH is 2. The maximum Gasteiger partial charge on any atom is 0.106 e. The summed E-state index contributed by atoms with van der Waals surface area (Å²) in [7, 11) is 0. The number of benzene rings is 2. The van der Waals surface area contributed by atoms with E-state index in [0.29, 0.717) is 5.33 Å². The fourth-order valence-electron chi connectivity index (χ4n) is 1.70. The zero-order valence-electron chi connectivity index (χ0n) is 8.68. The molecule has 2 N–H and O–H groups in total. The average Bonchev–Trinajstić information content (AvgIpc) is 2.36. The van der Waals surface area contributed by atoms with Crippen LogP contribution in [-0.2, 0) is 0 Å². The van der Waals surface area contributed by atoms with Gasteiger partial charge in [-0.2, -0.15) is 0 Å². The van der Waals surface area contributed by atoms with Crippen LogP contribution >= 0.6 is 15.9 Å². The van der Waals surface area contributed by atoms with E-state index in [2.05, 4.69) is 15.9 Å². The van der Waals surface area contributed by atoms with Gasteiger partial charge < -0.3 is 10.2 Å². The summed E-state index contributed by atoms with van der Waals surface area (Å²) >= 11 is 3.15. The van der Waals surface area contributed by atoms with E-state index in [1.807, 2.05) is 42.5 Å². The highest BCUT2D eigenvalue weighted by Gasteiger charge is 2.16. The third kappa shape index (κ3) is 2.26. The Hall–Kier alpha value is -0.900. The first kappa shape index (κ1) is 11.6. The van der Waals surface area contributed by atoms with E-state index in [1.54, 1.807) is 0 Å². The van der Waals surface area contributed by atoms with Gasteiger partial charge in [0.05, 0.1) is 6.10 Å². The van der Waals surface area contributed by atoms with E-state index in [1.165, 1.54) is 0 Å². The van der Waals surface area contributed by atoms with Crippen molar-refractivity contribution in [2.24, 2.45) is 0 Å². The lowest BCUT2D eigenvalue weighted by Crippen LogP contribution is -2.19. The molecule has 0 fully saturated rings. The van der Waals surface area contributed by atoms with E-state index in [4.69, 9.17) is 0 Å². The molecule has 0 saturated carbocycles. The van der Waals surface area contributed by atoms with Gasteiger partial charge in [0, 0.05) is 5.33 Å². The summed E-state index contributed by atoms with van der Waals surface area (Å²) in [5.74, 6) is 0. The Morgan fingerprint density at radius 2 is 1.69 bits per heavy atom. The van der Waals surface area contributed by atoms with E-state index < -0.39 is 12.2 Å². The standard InChI is InChI=1S/C13H13BrO2/c14-8-12(15)13(16)11-6-5-9-3-1-2-4-10(9)7-11/h1-7,12-13,15-16H,8H2. The molecule has 2 aromatic rings. The molecule has 0 radical (unpaired) electrons. The Morgan fingerprint density at radius 3 is 2.38 bits per heavy atom. The van der Waals surface area contributed by atoms with Crippen LogP contribution in [0.5, 0.6) is 0 Å². The first-order chi connectivity index (χ1) is 7.72. The molecule has 0 spiro atoms. The monoisotopic (exact) mass is 280 g/mol. The van der Waals surface area contributed by atoms with Crippen molar-refractivity contribution in [1.82, 2.24) is 0 Å². The van der Waals surface area contributed by atoms with Crippen LogP contribution in [0.1, 0.15) is 11.7 Å². The van der Waals surface area contributed by atoms with Gasteiger partial charge in [0.2, 0.25) is 0 Å². The molecule has 2 unspecified atom stereocenters. The van der Waals surface area contributed by atoms with Gasteiger partial charge in [0.1, 0.15) is 6.10 Å². The van der Waals surface area contributed by atoms with Gasteiger partial charge in [-0.1, -0.05) is 52.3 Å². The van der Waals surface area contributed by atoms with Crippen molar-refractivity contribution in [2.45, 2.75) is 12.2 Å². The third-order valence-electron chi connectivity index (χ3n) is 2.64. The number of hydrogen-bond acceptors (Lipinski definition) is 2. The summed E-state index contributed by atoms with van der Waals surface area (Å²) in [5.41, 5.74) is 0.741. The largest absolute Gasteiger partial charge is 0.389 e. The Balaban J connectivity index is 2.39. The summed E-state index contributed by atoms with van der Waals surface area (Å²) in [6.45, 7) is 0. The first-order valence-corrected chi connectivity index (χ1v) is 6.25. The number of hydrogen-bond donors (Lipinski definition) is 2. The molecule has 0 bridgehead atoms. The first-order valence-electron chi connectivity index (χ1n) is 5.13. The second kappa shape index (κ2) is 4.95. The predicted octanol–water partition coefficient (Wildman–Crippen LogP) is 2.63. The number of rotatable bonds is 3. The van der Waals surface area contributed by atoms with Gasteiger partial charge in [-0.15, -0.1) is 0 Å². The Kier molecular flexibility index (Phi) is 3.59. The van der Waals surface area contributed by atoms with Gasteiger partial charge in [-0.3, -0.25) is 0 Å². The van der Waals surface area contributed by atoms with Gasteiger partial charge in [0.15, 0.2) is 0 Å². The highest BCUT2D eigenvalue weighted by atomic mass is 79.9. The fraction of sp³-hybridized carbons (Fsp3) is 0.231. The summed E-state index contributed by atoms with van der Waals surface area (Å²) in [5, 5.41) is 22.0. The van der Waals surface area contributed by atoms with Crippen LogP contribution in [0.15, 0.2) is 42.5 Å². The fourth-order valence-corrected chi connectivity index (χ4v) is 2.05. The molecule has 0 saturated heterocycles. The predicted molar refractivity (Wildman–Crippen MR) is 68.7 cm³/mol. The summed E-state index contributed by atoms with van der Waals surface area (Å²) < 4.78 is 0. The van der Waals surface area contributed by atoms with Gasteiger partial charge in [0.25, 0.3) is 0 Å². The van der Waals surface area contributed by atoms with Crippen molar-refractivity contribution in [3.8, 4) is 0 Å². The second-order valence-corrected chi connectivity index (χ2v) is 4.42. The molecule has 16 heavy (non-hydrogen) atoms. The van der Waals surface area contributed by atoms with Gasteiger partial charge in [-0.05, 0) is 22.4 Å². The summed E-state index contributed by atoms with van der Waals surface area (Å²) in [4.78, 5) is 0. The maximum absolute atomic E-state index is 9.87. The zero-order chi connectivity index (χ0) is 11.5. The van der Waals surface area contributed by atoms with Crippen molar-refractivity contribution in [2.75, 3.05) is 5.33 Å². The molecular weight excluding hydrogens is 268 g/mol. The molecule has 0 aliphatic rings. The molecular formula is C13H13BrO2. The molecule has 0 amide bonds. The lowest BCUT2D eigenvalue weighted by atomic mass is 10.0. The number of halogens is 1. The minimum atomic E-state index is -0.844. The Labute approximate surface area is 103 Å².